The number of aliphatic imine (C=N–C) groups is 1. The van der Waals surface area contributed by atoms with Crippen LogP contribution in [0.5, 0.6) is 5.88 Å². The minimum atomic E-state index is 0.201. The van der Waals surface area contributed by atoms with Gasteiger partial charge in [-0.15, -0.1) is 0 Å². The van der Waals surface area contributed by atoms with Crippen molar-refractivity contribution in [1.82, 2.24) is 9.13 Å². The molecule has 1 aromatic heterocycles. The molecule has 5 nitrogen and oxygen atoms in total. The summed E-state index contributed by atoms with van der Waals surface area (Å²) in [5.74, 6) is 0.201. The second-order valence-electron chi connectivity index (χ2n) is 6.16. The van der Waals surface area contributed by atoms with Gasteiger partial charge in [0.2, 0.25) is 11.5 Å². The van der Waals surface area contributed by atoms with Crippen LogP contribution in [0.2, 0.25) is 0 Å². The molecule has 0 bridgehead atoms. The Bertz CT molecular complexity index is 897. The second kappa shape index (κ2) is 6.51. The van der Waals surface area contributed by atoms with Crippen molar-refractivity contribution in [3.05, 3.63) is 40.6 Å². The molecule has 0 saturated heterocycles. The lowest BCUT2D eigenvalue weighted by Crippen LogP contribution is -2.22. The van der Waals surface area contributed by atoms with E-state index < -0.39 is 0 Å². The van der Waals surface area contributed by atoms with Crippen LogP contribution in [0.4, 0.5) is 5.69 Å². The Morgan fingerprint density at radius 3 is 2.71 bits per heavy atom. The number of rotatable bonds is 4. The molecule has 0 unspecified atom stereocenters. The molecule has 0 radical (unpaired) electrons. The van der Waals surface area contributed by atoms with Gasteiger partial charge < -0.3 is 9.67 Å². The van der Waals surface area contributed by atoms with Crippen LogP contribution in [0, 0.1) is 0 Å². The minimum Gasteiger partial charge on any atom is -0.493 e. The van der Waals surface area contributed by atoms with E-state index in [1.165, 1.54) is 18.4 Å². The highest BCUT2D eigenvalue weighted by atomic mass is 16.3. The van der Waals surface area contributed by atoms with Crippen LogP contribution in [0.3, 0.4) is 0 Å². The molecule has 0 atom stereocenters. The van der Waals surface area contributed by atoms with Gasteiger partial charge >= 0.3 is 0 Å². The standard InChI is InChI=1S/C19H24N4O/c1-5-6-7-13-8-9-15-14(12-21-16(15)10-13)11-17-18(24)23(4)19(20-2)22(17)3/h8-12,24H,5-7H2,1-4H3/b14-11+,20-19?. The topological polar surface area (TPSA) is 54.8 Å². The van der Waals surface area contributed by atoms with E-state index >= 15 is 0 Å². The molecular weight excluding hydrogens is 300 g/mol. The normalized spacial score (nSPS) is 15.5. The number of hydrogen-bond donors (Lipinski definition) is 1. The van der Waals surface area contributed by atoms with Crippen LogP contribution in [0.15, 0.2) is 28.2 Å². The van der Waals surface area contributed by atoms with Crippen LogP contribution in [-0.4, -0.2) is 27.5 Å². The zero-order valence-electron chi connectivity index (χ0n) is 14.7. The molecule has 1 aliphatic rings. The number of unbranched alkanes of at least 4 members (excludes halogenated alkanes) is 1. The van der Waals surface area contributed by atoms with Gasteiger partial charge in [0.05, 0.1) is 5.69 Å². The van der Waals surface area contributed by atoms with Crippen molar-refractivity contribution >= 4 is 23.6 Å². The number of aromatic nitrogens is 2. The van der Waals surface area contributed by atoms with E-state index in [0.29, 0.717) is 5.62 Å². The predicted octanol–water partition coefficient (Wildman–Crippen LogP) is 3.20. The van der Waals surface area contributed by atoms with Gasteiger partial charge in [-0.1, -0.05) is 25.5 Å². The fourth-order valence-corrected chi connectivity index (χ4v) is 3.15. The average Bonchev–Trinajstić information content (AvgIpc) is 3.07. The van der Waals surface area contributed by atoms with E-state index in [4.69, 9.17) is 0 Å². The number of benzene rings is 1. The third-order valence-corrected chi connectivity index (χ3v) is 4.54. The summed E-state index contributed by atoms with van der Waals surface area (Å²) in [6.07, 6.45) is 7.31. The van der Waals surface area contributed by atoms with Crippen LogP contribution >= 0.6 is 0 Å². The van der Waals surface area contributed by atoms with E-state index in [2.05, 4.69) is 35.1 Å². The first-order chi connectivity index (χ1) is 11.6. The van der Waals surface area contributed by atoms with Gasteiger partial charge in [-0.2, -0.15) is 0 Å². The molecule has 0 fully saturated rings. The molecule has 3 rings (SSSR count). The van der Waals surface area contributed by atoms with E-state index in [9.17, 15) is 5.11 Å². The molecule has 5 heteroatoms. The Balaban J connectivity index is 2.01. The fraction of sp³-hybridized carbons (Fsp3) is 0.368. The fourth-order valence-electron chi connectivity index (χ4n) is 3.15. The summed E-state index contributed by atoms with van der Waals surface area (Å²) >= 11 is 0. The lowest BCUT2D eigenvalue weighted by molar-refractivity contribution is 0.427. The van der Waals surface area contributed by atoms with Crippen LogP contribution in [-0.2, 0) is 20.5 Å². The van der Waals surface area contributed by atoms with Crippen molar-refractivity contribution in [2.45, 2.75) is 26.2 Å². The van der Waals surface area contributed by atoms with Gasteiger partial charge in [-0.25, -0.2) is 0 Å². The SMILES string of the molecule is CCCCc1ccc2c(c1)N=C/C2=C\c1c(O)n(C)c(=NC)n1C. The lowest BCUT2D eigenvalue weighted by atomic mass is 10.0. The van der Waals surface area contributed by atoms with Crippen molar-refractivity contribution < 1.29 is 5.11 Å². The van der Waals surface area contributed by atoms with E-state index in [-0.39, 0.29) is 5.88 Å². The second-order valence-corrected chi connectivity index (χ2v) is 6.16. The highest BCUT2D eigenvalue weighted by Crippen LogP contribution is 2.34. The van der Waals surface area contributed by atoms with Gasteiger partial charge in [0.15, 0.2) is 0 Å². The summed E-state index contributed by atoms with van der Waals surface area (Å²) in [6, 6.07) is 6.47. The monoisotopic (exact) mass is 324 g/mol. The molecule has 1 aromatic carbocycles. The smallest absolute Gasteiger partial charge is 0.218 e. The van der Waals surface area contributed by atoms with Crippen molar-refractivity contribution in [2.24, 2.45) is 24.1 Å². The summed E-state index contributed by atoms with van der Waals surface area (Å²) in [6.45, 7) is 2.20. The highest BCUT2D eigenvalue weighted by Gasteiger charge is 2.16. The molecule has 24 heavy (non-hydrogen) atoms. The number of nitrogens with zero attached hydrogens (tertiary/aromatic N) is 4. The number of aromatic hydroxyl groups is 1. The number of allylic oxidation sites excluding steroid dienone is 1. The minimum absolute atomic E-state index is 0.201. The molecule has 126 valence electrons. The zero-order chi connectivity index (χ0) is 17.3. The number of hydrogen-bond acceptors (Lipinski definition) is 3. The van der Waals surface area contributed by atoms with Gasteiger partial charge in [-0.3, -0.25) is 14.6 Å². The Kier molecular flexibility index (Phi) is 4.42. The van der Waals surface area contributed by atoms with Crippen LogP contribution in [0.1, 0.15) is 36.6 Å². The van der Waals surface area contributed by atoms with Gasteiger partial charge in [0.1, 0.15) is 5.69 Å². The van der Waals surface area contributed by atoms with Gasteiger partial charge in [-0.05, 0) is 30.5 Å². The van der Waals surface area contributed by atoms with Gasteiger partial charge in [0.25, 0.3) is 0 Å². The zero-order valence-corrected chi connectivity index (χ0v) is 14.7. The molecule has 0 amide bonds. The van der Waals surface area contributed by atoms with Crippen molar-refractivity contribution in [2.75, 3.05) is 7.05 Å². The van der Waals surface area contributed by atoms with Crippen molar-refractivity contribution in [3.8, 4) is 5.88 Å². The van der Waals surface area contributed by atoms with Crippen LogP contribution < -0.4 is 5.62 Å². The average molecular weight is 324 g/mol. The van der Waals surface area contributed by atoms with Crippen molar-refractivity contribution in [1.29, 1.82) is 0 Å². The predicted molar refractivity (Wildman–Crippen MR) is 98.6 cm³/mol. The molecule has 0 saturated carbocycles. The Hall–Kier alpha value is -2.56. The molecule has 0 aliphatic carbocycles. The summed E-state index contributed by atoms with van der Waals surface area (Å²) in [7, 11) is 5.42. The molecular formula is C19H24N4O. The first kappa shape index (κ1) is 16.3. The molecule has 2 aromatic rings. The van der Waals surface area contributed by atoms with Gasteiger partial charge in [0, 0.05) is 38.5 Å². The Labute approximate surface area is 142 Å². The maximum Gasteiger partial charge on any atom is 0.218 e. The quantitative estimate of drug-likeness (QED) is 0.922. The molecule has 2 heterocycles. The maximum atomic E-state index is 10.4. The highest BCUT2D eigenvalue weighted by molar-refractivity contribution is 6.21. The molecule has 1 N–H and O–H groups in total. The summed E-state index contributed by atoms with van der Waals surface area (Å²) in [4.78, 5) is 8.75. The first-order valence-corrected chi connectivity index (χ1v) is 8.33. The molecule has 0 spiro atoms. The Morgan fingerprint density at radius 2 is 2.04 bits per heavy atom. The van der Waals surface area contributed by atoms with E-state index in [0.717, 1.165) is 28.9 Å². The largest absolute Gasteiger partial charge is 0.493 e. The van der Waals surface area contributed by atoms with Crippen molar-refractivity contribution in [3.63, 3.8) is 0 Å². The molecule has 1 aliphatic heterocycles. The first-order valence-electron chi connectivity index (χ1n) is 8.33. The third kappa shape index (κ3) is 2.70. The number of fused-ring (bicyclic) bond motifs is 1. The number of aryl methyl sites for hydroxylation is 1. The van der Waals surface area contributed by atoms with Crippen LogP contribution in [0.25, 0.3) is 11.6 Å². The number of imidazole rings is 1. The Morgan fingerprint density at radius 1 is 1.25 bits per heavy atom. The summed E-state index contributed by atoms with van der Waals surface area (Å²) in [5, 5.41) is 10.4. The summed E-state index contributed by atoms with van der Waals surface area (Å²) < 4.78 is 3.55. The van der Waals surface area contributed by atoms with E-state index in [1.807, 2.05) is 23.9 Å². The summed E-state index contributed by atoms with van der Waals surface area (Å²) in [5.41, 5.74) is 5.88. The van der Waals surface area contributed by atoms with E-state index in [1.54, 1.807) is 18.7 Å². The maximum absolute atomic E-state index is 10.4. The lowest BCUT2D eigenvalue weighted by Gasteiger charge is -2.04. The third-order valence-electron chi connectivity index (χ3n) is 4.54.